The molecule has 146 valence electrons. The standard InChI is InChI=1S/C20H26NO5P/c1-5-24-20(22)19(15(2)3)21-27(23,25-17-9-7-6-8-10-17)26-18-13-11-16(4)12-14-18/h6-15,19H,5H2,1-4H3,(H,21,23)/t19-,27?/m0/s1. The van der Waals surface area contributed by atoms with E-state index >= 15 is 0 Å². The Labute approximate surface area is 160 Å². The molecule has 6 nitrogen and oxygen atoms in total. The second-order valence-electron chi connectivity index (χ2n) is 6.41. The third-order valence-corrected chi connectivity index (χ3v) is 5.22. The van der Waals surface area contributed by atoms with Crippen LogP contribution in [0.15, 0.2) is 54.6 Å². The zero-order valence-electron chi connectivity index (χ0n) is 16.0. The molecule has 0 saturated heterocycles. The fourth-order valence-corrected chi connectivity index (χ4v) is 3.99. The van der Waals surface area contributed by atoms with Crippen LogP contribution in [0.1, 0.15) is 26.3 Å². The predicted molar refractivity (Wildman–Crippen MR) is 105 cm³/mol. The molecule has 2 atom stereocenters. The van der Waals surface area contributed by atoms with E-state index in [2.05, 4.69) is 5.09 Å². The molecule has 27 heavy (non-hydrogen) atoms. The quantitative estimate of drug-likeness (QED) is 0.492. The van der Waals surface area contributed by atoms with E-state index in [-0.39, 0.29) is 12.5 Å². The first-order chi connectivity index (χ1) is 12.8. The molecule has 0 aromatic heterocycles. The van der Waals surface area contributed by atoms with Gasteiger partial charge in [0.25, 0.3) is 0 Å². The van der Waals surface area contributed by atoms with Crippen LogP contribution in [0.4, 0.5) is 0 Å². The first kappa shape index (κ1) is 21.0. The minimum absolute atomic E-state index is 0.182. The van der Waals surface area contributed by atoms with E-state index < -0.39 is 19.8 Å². The summed E-state index contributed by atoms with van der Waals surface area (Å²) in [4.78, 5) is 12.3. The van der Waals surface area contributed by atoms with Gasteiger partial charge in [0, 0.05) is 0 Å². The molecule has 0 bridgehead atoms. The molecule has 0 saturated carbocycles. The van der Waals surface area contributed by atoms with Crippen molar-refractivity contribution in [2.75, 3.05) is 6.61 Å². The van der Waals surface area contributed by atoms with E-state index in [1.807, 2.05) is 39.0 Å². The van der Waals surface area contributed by atoms with Gasteiger partial charge in [-0.3, -0.25) is 4.79 Å². The second-order valence-corrected chi connectivity index (χ2v) is 8.03. The van der Waals surface area contributed by atoms with Crippen molar-refractivity contribution < 1.29 is 23.1 Å². The number of nitrogens with one attached hydrogen (secondary N) is 1. The monoisotopic (exact) mass is 391 g/mol. The van der Waals surface area contributed by atoms with Crippen LogP contribution in [0.5, 0.6) is 11.5 Å². The summed E-state index contributed by atoms with van der Waals surface area (Å²) < 4.78 is 29.9. The average Bonchev–Trinajstić information content (AvgIpc) is 2.62. The second kappa shape index (κ2) is 9.58. The van der Waals surface area contributed by atoms with Crippen molar-refractivity contribution in [3.8, 4) is 11.5 Å². The maximum atomic E-state index is 13.5. The molecule has 0 heterocycles. The van der Waals surface area contributed by atoms with Crippen LogP contribution in [0, 0.1) is 12.8 Å². The smallest absolute Gasteiger partial charge is 0.465 e. The van der Waals surface area contributed by atoms with Gasteiger partial charge in [-0.05, 0) is 44.0 Å². The highest BCUT2D eigenvalue weighted by atomic mass is 31.2. The minimum Gasteiger partial charge on any atom is -0.465 e. The van der Waals surface area contributed by atoms with Gasteiger partial charge in [-0.1, -0.05) is 49.7 Å². The number of benzene rings is 2. The van der Waals surface area contributed by atoms with Crippen LogP contribution in [0.25, 0.3) is 0 Å². The van der Waals surface area contributed by atoms with Gasteiger partial charge in [-0.2, -0.15) is 5.09 Å². The molecule has 0 aliphatic heterocycles. The van der Waals surface area contributed by atoms with E-state index in [0.29, 0.717) is 11.5 Å². The summed E-state index contributed by atoms with van der Waals surface area (Å²) in [6.45, 7) is 7.54. The molecule has 0 amide bonds. The lowest BCUT2D eigenvalue weighted by Gasteiger charge is -2.26. The molecule has 7 heteroatoms. The Morgan fingerprint density at radius 3 is 2.07 bits per heavy atom. The summed E-state index contributed by atoms with van der Waals surface area (Å²) in [6.07, 6.45) is 0. The Hall–Kier alpha value is -2.30. The van der Waals surface area contributed by atoms with Gasteiger partial charge in [-0.15, -0.1) is 0 Å². The number of esters is 1. The van der Waals surface area contributed by atoms with E-state index in [0.717, 1.165) is 5.56 Å². The molecule has 0 fully saturated rings. The zero-order valence-corrected chi connectivity index (χ0v) is 16.9. The number of para-hydroxylation sites is 1. The van der Waals surface area contributed by atoms with Gasteiger partial charge in [0.1, 0.15) is 17.5 Å². The van der Waals surface area contributed by atoms with Gasteiger partial charge in [0.15, 0.2) is 0 Å². The Bertz CT molecular complexity index is 777. The van der Waals surface area contributed by atoms with Crippen molar-refractivity contribution in [2.45, 2.75) is 33.7 Å². The van der Waals surface area contributed by atoms with Crippen LogP contribution < -0.4 is 14.1 Å². The third-order valence-electron chi connectivity index (χ3n) is 3.72. The van der Waals surface area contributed by atoms with Crippen LogP contribution in [0.2, 0.25) is 0 Å². The lowest BCUT2D eigenvalue weighted by atomic mass is 10.1. The SMILES string of the molecule is CCOC(=O)[C@@H](NP(=O)(Oc1ccccc1)Oc1ccc(C)cc1)C(C)C. The number of carbonyl (C=O) groups is 1. The summed E-state index contributed by atoms with van der Waals surface area (Å²) in [5.41, 5.74) is 1.04. The lowest BCUT2D eigenvalue weighted by molar-refractivity contribution is -0.146. The van der Waals surface area contributed by atoms with Crippen molar-refractivity contribution in [2.24, 2.45) is 5.92 Å². The highest BCUT2D eigenvalue weighted by Gasteiger charge is 2.37. The summed E-state index contributed by atoms with van der Waals surface area (Å²) in [5, 5.41) is 2.76. The van der Waals surface area contributed by atoms with Gasteiger partial charge < -0.3 is 13.8 Å². The third kappa shape index (κ3) is 6.42. The first-order valence-electron chi connectivity index (χ1n) is 8.88. The number of rotatable bonds is 9. The molecular weight excluding hydrogens is 365 g/mol. The fraction of sp³-hybridized carbons (Fsp3) is 0.350. The summed E-state index contributed by atoms with van der Waals surface area (Å²) in [7, 11) is -3.92. The van der Waals surface area contributed by atoms with Crippen molar-refractivity contribution in [3.05, 3.63) is 60.2 Å². The van der Waals surface area contributed by atoms with Crippen molar-refractivity contribution >= 4 is 13.7 Å². The van der Waals surface area contributed by atoms with Gasteiger partial charge >= 0.3 is 13.7 Å². The molecule has 0 spiro atoms. The predicted octanol–water partition coefficient (Wildman–Crippen LogP) is 4.74. The number of hydrogen-bond donors (Lipinski definition) is 1. The van der Waals surface area contributed by atoms with E-state index in [1.54, 1.807) is 43.3 Å². The molecular formula is C20H26NO5P. The Kier molecular flexibility index (Phi) is 7.45. The molecule has 0 aliphatic rings. The van der Waals surface area contributed by atoms with Gasteiger partial charge in [0.2, 0.25) is 0 Å². The van der Waals surface area contributed by atoms with Crippen molar-refractivity contribution in [3.63, 3.8) is 0 Å². The lowest BCUT2D eigenvalue weighted by Crippen LogP contribution is -2.42. The largest absolute Gasteiger partial charge is 0.513 e. The number of ether oxygens (including phenoxy) is 1. The molecule has 2 aromatic carbocycles. The number of aryl methyl sites for hydroxylation is 1. The Morgan fingerprint density at radius 1 is 1.00 bits per heavy atom. The highest BCUT2D eigenvalue weighted by molar-refractivity contribution is 7.52. The topological polar surface area (TPSA) is 73.9 Å². The van der Waals surface area contributed by atoms with Gasteiger partial charge in [0.05, 0.1) is 6.61 Å². The minimum atomic E-state index is -3.92. The highest BCUT2D eigenvalue weighted by Crippen LogP contribution is 2.45. The molecule has 2 aromatic rings. The van der Waals surface area contributed by atoms with Crippen LogP contribution in [-0.4, -0.2) is 18.6 Å². The molecule has 0 radical (unpaired) electrons. The van der Waals surface area contributed by atoms with Crippen LogP contribution in [-0.2, 0) is 14.1 Å². The van der Waals surface area contributed by atoms with E-state index in [9.17, 15) is 9.36 Å². The summed E-state index contributed by atoms with van der Waals surface area (Å²) in [5.74, 6) is 0.0563. The number of carbonyl (C=O) groups excluding carboxylic acids is 1. The van der Waals surface area contributed by atoms with Gasteiger partial charge in [-0.25, -0.2) is 4.57 Å². The number of hydrogen-bond acceptors (Lipinski definition) is 5. The van der Waals surface area contributed by atoms with Crippen LogP contribution in [0.3, 0.4) is 0 Å². The molecule has 0 aliphatic carbocycles. The normalized spacial score (nSPS) is 14.3. The van der Waals surface area contributed by atoms with E-state index in [4.69, 9.17) is 13.8 Å². The van der Waals surface area contributed by atoms with Crippen LogP contribution >= 0.6 is 7.75 Å². The zero-order chi connectivity index (χ0) is 19.9. The maximum absolute atomic E-state index is 13.5. The molecule has 1 unspecified atom stereocenters. The summed E-state index contributed by atoms with van der Waals surface area (Å²) >= 11 is 0. The molecule has 2 rings (SSSR count). The summed E-state index contributed by atoms with van der Waals surface area (Å²) in [6, 6.07) is 14.9. The first-order valence-corrected chi connectivity index (χ1v) is 10.4. The average molecular weight is 391 g/mol. The van der Waals surface area contributed by atoms with Crippen molar-refractivity contribution in [1.82, 2.24) is 5.09 Å². The fourth-order valence-electron chi connectivity index (χ4n) is 2.31. The Balaban J connectivity index is 2.30. The maximum Gasteiger partial charge on any atom is 0.513 e. The van der Waals surface area contributed by atoms with E-state index in [1.165, 1.54) is 0 Å². The Morgan fingerprint density at radius 2 is 1.56 bits per heavy atom. The molecule has 1 N–H and O–H groups in total. The van der Waals surface area contributed by atoms with Crippen molar-refractivity contribution in [1.29, 1.82) is 0 Å².